The summed E-state index contributed by atoms with van der Waals surface area (Å²) in [6, 6.07) is 3.19. The van der Waals surface area contributed by atoms with Crippen molar-refractivity contribution in [1.82, 2.24) is 14.5 Å². The van der Waals surface area contributed by atoms with Gasteiger partial charge >= 0.3 is 0 Å². The van der Waals surface area contributed by atoms with Crippen LogP contribution in [0, 0.1) is 11.6 Å². The smallest absolute Gasteiger partial charge is 0.254 e. The van der Waals surface area contributed by atoms with Crippen LogP contribution in [0.1, 0.15) is 16.2 Å². The van der Waals surface area contributed by atoms with Gasteiger partial charge in [-0.15, -0.1) is 0 Å². The van der Waals surface area contributed by atoms with Crippen LogP contribution in [0.4, 0.5) is 8.78 Å². The molecule has 2 heterocycles. The lowest BCUT2D eigenvalue weighted by molar-refractivity contribution is 0.0707. The van der Waals surface area contributed by atoms with Gasteiger partial charge in [-0.3, -0.25) is 4.79 Å². The van der Waals surface area contributed by atoms with Gasteiger partial charge in [0.1, 0.15) is 5.82 Å². The third-order valence-electron chi connectivity index (χ3n) is 3.20. The molecule has 19 heavy (non-hydrogen) atoms. The van der Waals surface area contributed by atoms with Gasteiger partial charge in [0.25, 0.3) is 5.91 Å². The Morgan fingerprint density at radius 2 is 2.05 bits per heavy atom. The van der Waals surface area contributed by atoms with Crippen molar-refractivity contribution in [3.05, 3.63) is 53.6 Å². The summed E-state index contributed by atoms with van der Waals surface area (Å²) < 4.78 is 27.9. The summed E-state index contributed by atoms with van der Waals surface area (Å²) in [5.74, 6) is -1.48. The summed E-state index contributed by atoms with van der Waals surface area (Å²) in [6.45, 7) is 1.57. The predicted molar refractivity (Wildman–Crippen MR) is 63.3 cm³/mol. The molecule has 2 aromatic rings. The van der Waals surface area contributed by atoms with Gasteiger partial charge in [-0.25, -0.2) is 13.8 Å². The van der Waals surface area contributed by atoms with Crippen molar-refractivity contribution < 1.29 is 13.6 Å². The molecule has 0 radical (unpaired) electrons. The Kier molecular flexibility index (Phi) is 2.77. The second-order valence-corrected chi connectivity index (χ2v) is 4.39. The molecule has 1 aromatic carbocycles. The first kappa shape index (κ1) is 11.8. The molecule has 1 aromatic heterocycles. The van der Waals surface area contributed by atoms with Crippen molar-refractivity contribution in [2.75, 3.05) is 6.54 Å². The lowest BCUT2D eigenvalue weighted by Gasteiger charge is -2.27. The van der Waals surface area contributed by atoms with E-state index in [0.717, 1.165) is 18.0 Å². The Morgan fingerprint density at radius 1 is 1.21 bits per heavy atom. The van der Waals surface area contributed by atoms with Crippen LogP contribution in [0.2, 0.25) is 0 Å². The topological polar surface area (TPSA) is 38.1 Å². The van der Waals surface area contributed by atoms with Crippen molar-refractivity contribution >= 4 is 5.91 Å². The predicted octanol–water partition coefficient (Wildman–Crippen LogP) is 1.82. The van der Waals surface area contributed by atoms with E-state index in [1.807, 2.05) is 10.8 Å². The minimum Gasteiger partial charge on any atom is -0.332 e. The van der Waals surface area contributed by atoms with E-state index in [4.69, 9.17) is 0 Å². The normalized spacial score (nSPS) is 14.3. The first-order valence-corrected chi connectivity index (χ1v) is 5.89. The van der Waals surface area contributed by atoms with Crippen LogP contribution in [0.25, 0.3) is 0 Å². The Labute approximate surface area is 108 Å². The number of aromatic nitrogens is 2. The van der Waals surface area contributed by atoms with Crippen LogP contribution in [-0.4, -0.2) is 26.9 Å². The van der Waals surface area contributed by atoms with Crippen LogP contribution in [-0.2, 0) is 13.1 Å². The number of hydrogen-bond donors (Lipinski definition) is 0. The number of carbonyl (C=O) groups is 1. The highest BCUT2D eigenvalue weighted by molar-refractivity contribution is 5.94. The van der Waals surface area contributed by atoms with Gasteiger partial charge in [-0.05, 0) is 18.2 Å². The van der Waals surface area contributed by atoms with Gasteiger partial charge in [0, 0.05) is 31.0 Å². The SMILES string of the molecule is O=C(c1ccc(F)c(F)c1)N1CCn2ccnc2C1. The number of carbonyl (C=O) groups excluding carboxylic acids is 1. The number of amides is 1. The Balaban J connectivity index is 1.83. The maximum absolute atomic E-state index is 13.1. The number of hydrogen-bond acceptors (Lipinski definition) is 2. The largest absolute Gasteiger partial charge is 0.332 e. The minimum atomic E-state index is -1.01. The highest BCUT2D eigenvalue weighted by atomic mass is 19.2. The maximum Gasteiger partial charge on any atom is 0.254 e. The average molecular weight is 263 g/mol. The van der Waals surface area contributed by atoms with Crippen molar-refractivity contribution in [1.29, 1.82) is 0 Å². The molecule has 0 atom stereocenters. The number of benzene rings is 1. The van der Waals surface area contributed by atoms with E-state index in [0.29, 0.717) is 19.6 Å². The third-order valence-corrected chi connectivity index (χ3v) is 3.20. The molecule has 98 valence electrons. The third kappa shape index (κ3) is 2.09. The second-order valence-electron chi connectivity index (χ2n) is 4.39. The summed E-state index contributed by atoms with van der Waals surface area (Å²) >= 11 is 0. The molecule has 1 aliphatic heterocycles. The van der Waals surface area contributed by atoms with Crippen molar-refractivity contribution in [3.63, 3.8) is 0 Å². The number of imidazole rings is 1. The van der Waals surface area contributed by atoms with Gasteiger partial charge < -0.3 is 9.47 Å². The van der Waals surface area contributed by atoms with Crippen molar-refractivity contribution in [2.24, 2.45) is 0 Å². The molecule has 0 aliphatic carbocycles. The molecule has 3 rings (SSSR count). The summed E-state index contributed by atoms with van der Waals surface area (Å²) in [7, 11) is 0. The fourth-order valence-corrected chi connectivity index (χ4v) is 2.16. The molecular weight excluding hydrogens is 252 g/mol. The molecule has 0 spiro atoms. The molecule has 0 saturated carbocycles. The lowest BCUT2D eigenvalue weighted by atomic mass is 10.1. The van der Waals surface area contributed by atoms with Gasteiger partial charge in [0.2, 0.25) is 0 Å². The lowest BCUT2D eigenvalue weighted by Crippen LogP contribution is -2.38. The summed E-state index contributed by atoms with van der Waals surface area (Å²) in [4.78, 5) is 17.9. The first-order chi connectivity index (χ1) is 9.15. The number of fused-ring (bicyclic) bond motifs is 1. The van der Waals surface area contributed by atoms with E-state index < -0.39 is 11.6 Å². The second kappa shape index (κ2) is 4.46. The fourth-order valence-electron chi connectivity index (χ4n) is 2.16. The van der Waals surface area contributed by atoms with E-state index in [1.165, 1.54) is 6.07 Å². The molecule has 1 amide bonds. The van der Waals surface area contributed by atoms with Gasteiger partial charge in [-0.2, -0.15) is 0 Å². The summed E-state index contributed by atoms with van der Waals surface area (Å²) in [5.41, 5.74) is 0.152. The number of rotatable bonds is 1. The van der Waals surface area contributed by atoms with Crippen LogP contribution in [0.3, 0.4) is 0 Å². The van der Waals surface area contributed by atoms with Crippen LogP contribution < -0.4 is 0 Å². The minimum absolute atomic E-state index is 0.152. The van der Waals surface area contributed by atoms with E-state index in [1.54, 1.807) is 11.1 Å². The quantitative estimate of drug-likeness (QED) is 0.787. The summed E-state index contributed by atoms with van der Waals surface area (Å²) in [5, 5.41) is 0. The zero-order valence-electron chi connectivity index (χ0n) is 10.0. The standard InChI is InChI=1S/C13H11F2N3O/c14-10-2-1-9(7-11(10)15)13(19)18-6-5-17-4-3-16-12(17)8-18/h1-4,7H,5-6,8H2. The molecular formula is C13H11F2N3O. The van der Waals surface area contributed by atoms with Gasteiger partial charge in [0.15, 0.2) is 11.6 Å². The van der Waals surface area contributed by atoms with E-state index >= 15 is 0 Å². The van der Waals surface area contributed by atoms with Gasteiger partial charge in [0.05, 0.1) is 6.54 Å². The number of nitrogens with zero attached hydrogens (tertiary/aromatic N) is 3. The molecule has 0 saturated heterocycles. The molecule has 0 N–H and O–H groups in total. The van der Waals surface area contributed by atoms with Crippen LogP contribution >= 0.6 is 0 Å². The Morgan fingerprint density at radius 3 is 2.84 bits per heavy atom. The molecule has 0 fully saturated rings. The fraction of sp³-hybridized carbons (Fsp3) is 0.231. The molecule has 0 unspecified atom stereocenters. The maximum atomic E-state index is 13.1. The molecule has 0 bridgehead atoms. The van der Waals surface area contributed by atoms with E-state index in [9.17, 15) is 13.6 Å². The first-order valence-electron chi connectivity index (χ1n) is 5.89. The Hall–Kier alpha value is -2.24. The van der Waals surface area contributed by atoms with Crippen LogP contribution in [0.5, 0.6) is 0 Å². The number of halogens is 2. The van der Waals surface area contributed by atoms with E-state index in [-0.39, 0.29) is 11.5 Å². The molecule has 6 heteroatoms. The van der Waals surface area contributed by atoms with Crippen LogP contribution in [0.15, 0.2) is 30.6 Å². The zero-order valence-corrected chi connectivity index (χ0v) is 10.0. The average Bonchev–Trinajstić information content (AvgIpc) is 2.88. The van der Waals surface area contributed by atoms with Gasteiger partial charge in [-0.1, -0.05) is 0 Å². The highest BCUT2D eigenvalue weighted by Gasteiger charge is 2.22. The Bertz CT molecular complexity index is 639. The summed E-state index contributed by atoms with van der Waals surface area (Å²) in [6.07, 6.45) is 3.54. The van der Waals surface area contributed by atoms with Crippen molar-refractivity contribution in [3.8, 4) is 0 Å². The van der Waals surface area contributed by atoms with Crippen molar-refractivity contribution in [2.45, 2.75) is 13.1 Å². The zero-order chi connectivity index (χ0) is 13.4. The van der Waals surface area contributed by atoms with E-state index in [2.05, 4.69) is 4.98 Å². The highest BCUT2D eigenvalue weighted by Crippen LogP contribution is 2.15. The monoisotopic (exact) mass is 263 g/mol. The molecule has 1 aliphatic rings. The molecule has 4 nitrogen and oxygen atoms in total.